The molecule has 4 aliphatic rings. The van der Waals surface area contributed by atoms with Crippen molar-refractivity contribution >= 4 is 12.2 Å². The Hall–Kier alpha value is -1.44. The molecule has 7 nitrogen and oxygen atoms in total. The van der Waals surface area contributed by atoms with E-state index in [9.17, 15) is 5.11 Å². The summed E-state index contributed by atoms with van der Waals surface area (Å²) in [6, 6.07) is 0. The Kier molecular flexibility index (Phi) is 7.47. The van der Waals surface area contributed by atoms with E-state index in [2.05, 4.69) is 30.5 Å². The molecule has 0 radical (unpaired) electrons. The van der Waals surface area contributed by atoms with Gasteiger partial charge in [0.05, 0.1) is 11.7 Å². The van der Waals surface area contributed by atoms with E-state index in [-0.39, 0.29) is 11.4 Å². The first-order chi connectivity index (χ1) is 16.1. The third-order valence-electron chi connectivity index (χ3n) is 10.5. The van der Waals surface area contributed by atoms with Gasteiger partial charge in [-0.3, -0.25) is 5.41 Å². The van der Waals surface area contributed by atoms with Crippen molar-refractivity contribution in [3.63, 3.8) is 0 Å². The number of hydrazone groups is 1. The van der Waals surface area contributed by atoms with Crippen LogP contribution in [0.15, 0.2) is 16.8 Å². The number of nitrogens with zero attached hydrogens (tertiary/aromatic N) is 1. The third-order valence-corrected chi connectivity index (χ3v) is 10.5. The highest BCUT2D eigenvalue weighted by Gasteiger charge is 2.66. The highest BCUT2D eigenvalue weighted by molar-refractivity contribution is 5.80. The van der Waals surface area contributed by atoms with Crippen LogP contribution in [0.1, 0.15) is 85.0 Å². The number of rotatable bonds is 7. The van der Waals surface area contributed by atoms with Crippen molar-refractivity contribution in [3.8, 4) is 0 Å². The molecule has 0 aromatic rings. The molecule has 7 N–H and O–H groups in total. The van der Waals surface area contributed by atoms with Crippen LogP contribution in [0.3, 0.4) is 0 Å². The molecule has 8 atom stereocenters. The van der Waals surface area contributed by atoms with Crippen molar-refractivity contribution in [2.24, 2.45) is 51.1 Å². The van der Waals surface area contributed by atoms with Crippen molar-refractivity contribution in [1.29, 1.82) is 5.41 Å². The normalized spacial score (nSPS) is 44.4. The Morgan fingerprint density at radius 2 is 1.94 bits per heavy atom. The van der Waals surface area contributed by atoms with Crippen molar-refractivity contribution in [3.05, 3.63) is 11.6 Å². The van der Waals surface area contributed by atoms with Crippen molar-refractivity contribution in [2.45, 2.75) is 96.7 Å². The minimum Gasteiger partial charge on any atom is -0.389 e. The van der Waals surface area contributed by atoms with Gasteiger partial charge < -0.3 is 21.3 Å². The average Bonchev–Trinajstić information content (AvgIpc) is 3.04. The summed E-state index contributed by atoms with van der Waals surface area (Å²) < 4.78 is 6.18. The fourth-order valence-electron chi connectivity index (χ4n) is 8.54. The SMILES string of the molecule is CC(/C=N/NC(=N)N)=C\[C@H]1CC[C@]2(O)[C@@H]3CC[C@@H]4C[C@@H](OCCCN)CC[C@]4(C)[C@H]3CC[C@]12C. The second-order valence-electron chi connectivity index (χ2n) is 12.1. The summed E-state index contributed by atoms with van der Waals surface area (Å²) in [5.41, 5.74) is 14.1. The molecular formula is C27H47N5O2. The van der Waals surface area contributed by atoms with Crippen LogP contribution >= 0.6 is 0 Å². The van der Waals surface area contributed by atoms with Crippen LogP contribution in [-0.4, -0.2) is 42.1 Å². The van der Waals surface area contributed by atoms with Crippen molar-refractivity contribution in [1.82, 2.24) is 5.43 Å². The van der Waals surface area contributed by atoms with E-state index >= 15 is 0 Å². The molecule has 4 saturated carbocycles. The largest absolute Gasteiger partial charge is 0.389 e. The quantitative estimate of drug-likeness (QED) is 0.166. The van der Waals surface area contributed by atoms with E-state index in [1.165, 1.54) is 25.7 Å². The van der Waals surface area contributed by atoms with E-state index in [1.54, 1.807) is 6.21 Å². The van der Waals surface area contributed by atoms with E-state index in [1.807, 2.05) is 6.92 Å². The Bertz CT molecular complexity index is 815. The zero-order chi connectivity index (χ0) is 24.6. The number of hydrogen-bond acceptors (Lipinski definition) is 5. The van der Waals surface area contributed by atoms with Crippen LogP contribution in [0, 0.1) is 39.9 Å². The van der Waals surface area contributed by atoms with E-state index in [0.29, 0.717) is 41.7 Å². The lowest BCUT2D eigenvalue weighted by atomic mass is 9.43. The van der Waals surface area contributed by atoms with Gasteiger partial charge in [0.15, 0.2) is 0 Å². The molecule has 0 aromatic carbocycles. The zero-order valence-corrected chi connectivity index (χ0v) is 21.5. The Morgan fingerprint density at radius 1 is 1.15 bits per heavy atom. The fourth-order valence-corrected chi connectivity index (χ4v) is 8.54. The predicted octanol–water partition coefficient (Wildman–Crippen LogP) is 3.91. The molecule has 0 aliphatic heterocycles. The molecule has 4 fully saturated rings. The highest BCUT2D eigenvalue weighted by Crippen LogP contribution is 2.69. The molecule has 34 heavy (non-hydrogen) atoms. The first-order valence-corrected chi connectivity index (χ1v) is 13.5. The molecular weight excluding hydrogens is 426 g/mol. The minimum absolute atomic E-state index is 0.0942. The van der Waals surface area contributed by atoms with E-state index in [4.69, 9.17) is 21.6 Å². The van der Waals surface area contributed by atoms with Crippen LogP contribution in [0.5, 0.6) is 0 Å². The molecule has 7 heteroatoms. The summed E-state index contributed by atoms with van der Waals surface area (Å²) >= 11 is 0. The number of ether oxygens (including phenoxy) is 1. The molecule has 0 heterocycles. The molecule has 4 aliphatic carbocycles. The van der Waals surface area contributed by atoms with Gasteiger partial charge in [0, 0.05) is 18.2 Å². The zero-order valence-electron chi connectivity index (χ0n) is 21.5. The number of hydrogen-bond donors (Lipinski definition) is 5. The summed E-state index contributed by atoms with van der Waals surface area (Å²) in [6.45, 7) is 8.40. The van der Waals surface area contributed by atoms with Gasteiger partial charge >= 0.3 is 0 Å². The Labute approximate surface area is 205 Å². The van der Waals surface area contributed by atoms with Gasteiger partial charge in [-0.25, -0.2) is 5.43 Å². The van der Waals surface area contributed by atoms with Crippen LogP contribution in [0.4, 0.5) is 0 Å². The van der Waals surface area contributed by atoms with Gasteiger partial charge in [-0.05, 0) is 112 Å². The minimum atomic E-state index is -0.589. The first kappa shape index (κ1) is 25.6. The van der Waals surface area contributed by atoms with Gasteiger partial charge in [0.2, 0.25) is 5.96 Å². The van der Waals surface area contributed by atoms with Gasteiger partial charge in [-0.2, -0.15) is 5.10 Å². The number of guanidine groups is 1. The number of nitrogens with two attached hydrogens (primary N) is 2. The summed E-state index contributed by atoms with van der Waals surface area (Å²) in [5, 5.41) is 23.6. The molecule has 0 aromatic heterocycles. The number of aliphatic hydroxyl groups is 1. The third kappa shape index (κ3) is 4.44. The first-order valence-electron chi connectivity index (χ1n) is 13.5. The molecule has 0 saturated heterocycles. The van der Waals surface area contributed by atoms with Crippen LogP contribution in [0.25, 0.3) is 0 Å². The van der Waals surface area contributed by atoms with Crippen LogP contribution < -0.4 is 16.9 Å². The van der Waals surface area contributed by atoms with E-state index in [0.717, 1.165) is 50.7 Å². The topological polar surface area (TPSA) is 130 Å². The molecule has 4 rings (SSSR count). The Morgan fingerprint density at radius 3 is 2.68 bits per heavy atom. The molecule has 0 bridgehead atoms. The molecule has 0 unspecified atom stereocenters. The standard InChI is InChI=1S/C27H47N5O2/c1-18(17-31-32-24(29)30)15-20-7-12-27(33)23-6-5-19-16-21(34-14-4-13-28)8-10-25(19,2)22(23)9-11-26(20,27)3/h15,17,19-23,33H,4-14,16,28H2,1-3H3,(H4,29,30,32)/b18-15+,31-17+/t19-,20-,21+,22+,23-,25+,26-,27+/m1/s1. The number of allylic oxidation sites excluding steroid dienone is 2. The van der Waals surface area contributed by atoms with E-state index < -0.39 is 5.60 Å². The maximum Gasteiger partial charge on any atom is 0.206 e. The maximum atomic E-state index is 12.3. The van der Waals surface area contributed by atoms with Crippen LogP contribution in [-0.2, 0) is 4.74 Å². The lowest BCUT2D eigenvalue weighted by Crippen LogP contribution is -2.62. The second kappa shape index (κ2) is 9.90. The lowest BCUT2D eigenvalue weighted by Gasteiger charge is -2.63. The second-order valence-corrected chi connectivity index (χ2v) is 12.1. The molecule has 0 amide bonds. The monoisotopic (exact) mass is 473 g/mol. The lowest BCUT2D eigenvalue weighted by molar-refractivity contribution is -0.209. The van der Waals surface area contributed by atoms with Gasteiger partial charge in [0.1, 0.15) is 0 Å². The maximum absolute atomic E-state index is 12.3. The summed E-state index contributed by atoms with van der Waals surface area (Å²) in [5.74, 6) is 1.90. The van der Waals surface area contributed by atoms with Crippen molar-refractivity contribution < 1.29 is 9.84 Å². The summed E-state index contributed by atoms with van der Waals surface area (Å²) in [6.07, 6.45) is 15.5. The van der Waals surface area contributed by atoms with Crippen molar-refractivity contribution in [2.75, 3.05) is 13.2 Å². The Balaban J connectivity index is 1.47. The molecule has 0 spiro atoms. The molecule has 192 valence electrons. The number of nitrogens with one attached hydrogen (secondary N) is 2. The summed E-state index contributed by atoms with van der Waals surface area (Å²) in [4.78, 5) is 0. The fraction of sp³-hybridized carbons (Fsp3) is 0.852. The highest BCUT2D eigenvalue weighted by atomic mass is 16.5. The summed E-state index contributed by atoms with van der Waals surface area (Å²) in [7, 11) is 0. The predicted molar refractivity (Wildman–Crippen MR) is 137 cm³/mol. The van der Waals surface area contributed by atoms with Crippen LogP contribution in [0.2, 0.25) is 0 Å². The number of fused-ring (bicyclic) bond motifs is 5. The van der Waals surface area contributed by atoms with Gasteiger partial charge in [0.25, 0.3) is 0 Å². The van der Waals surface area contributed by atoms with Gasteiger partial charge in [-0.15, -0.1) is 0 Å². The van der Waals surface area contributed by atoms with Gasteiger partial charge in [-0.1, -0.05) is 19.9 Å². The average molecular weight is 474 g/mol. The smallest absolute Gasteiger partial charge is 0.206 e.